The Morgan fingerprint density at radius 3 is 2.86 bits per heavy atom. The summed E-state index contributed by atoms with van der Waals surface area (Å²) in [6.07, 6.45) is 2.26. The van der Waals surface area contributed by atoms with E-state index < -0.39 is 0 Å². The predicted octanol–water partition coefficient (Wildman–Crippen LogP) is 3.58. The van der Waals surface area contributed by atoms with Crippen LogP contribution in [-0.4, -0.2) is 23.5 Å². The third-order valence-corrected chi connectivity index (χ3v) is 5.08. The van der Waals surface area contributed by atoms with Crippen LogP contribution in [0.15, 0.2) is 23.6 Å². The van der Waals surface area contributed by atoms with Crippen molar-refractivity contribution in [3.63, 3.8) is 0 Å². The molecule has 1 atom stereocenters. The largest absolute Gasteiger partial charge is 0.346 e. The van der Waals surface area contributed by atoms with Gasteiger partial charge in [0.1, 0.15) is 10.7 Å². The van der Waals surface area contributed by atoms with Crippen molar-refractivity contribution < 1.29 is 4.79 Å². The van der Waals surface area contributed by atoms with E-state index in [1.807, 2.05) is 0 Å². The maximum atomic E-state index is 12.3. The molecular formula is C15H15Cl2N3OS. The monoisotopic (exact) mass is 355 g/mol. The third kappa shape index (κ3) is 3.43. The number of hydrogen-bond acceptors (Lipinski definition) is 4. The second-order valence-corrected chi connectivity index (χ2v) is 7.02. The lowest BCUT2D eigenvalue weighted by Gasteiger charge is -2.14. The molecule has 0 radical (unpaired) electrons. The number of rotatable bonds is 5. The fraction of sp³-hybridized carbons (Fsp3) is 0.333. The van der Waals surface area contributed by atoms with Crippen LogP contribution in [0.2, 0.25) is 10.0 Å². The second kappa shape index (κ2) is 6.54. The minimum Gasteiger partial charge on any atom is -0.346 e. The van der Waals surface area contributed by atoms with Gasteiger partial charge < -0.3 is 11.1 Å². The van der Waals surface area contributed by atoms with E-state index in [2.05, 4.69) is 10.3 Å². The Labute approximate surface area is 142 Å². The molecule has 1 aromatic heterocycles. The number of nitrogens with two attached hydrogens (primary N) is 1. The zero-order chi connectivity index (χ0) is 15.7. The fourth-order valence-electron chi connectivity index (χ4n) is 2.27. The molecule has 0 bridgehead atoms. The van der Waals surface area contributed by atoms with E-state index in [-0.39, 0.29) is 11.9 Å². The predicted molar refractivity (Wildman–Crippen MR) is 90.6 cm³/mol. The number of thiazole rings is 1. The Morgan fingerprint density at radius 1 is 1.45 bits per heavy atom. The highest BCUT2D eigenvalue weighted by Crippen LogP contribution is 2.33. The Bertz CT molecular complexity index is 700. The molecule has 7 heteroatoms. The summed E-state index contributed by atoms with van der Waals surface area (Å²) in [5, 5.41) is 6.48. The highest BCUT2D eigenvalue weighted by atomic mass is 35.5. The number of carbonyl (C=O) groups is 1. The van der Waals surface area contributed by atoms with E-state index in [1.165, 1.54) is 11.3 Å². The van der Waals surface area contributed by atoms with Crippen molar-refractivity contribution in [2.24, 2.45) is 11.7 Å². The molecule has 116 valence electrons. The summed E-state index contributed by atoms with van der Waals surface area (Å²) in [6.45, 7) is 0.455. The Morgan fingerprint density at radius 2 is 2.23 bits per heavy atom. The number of nitrogens with one attached hydrogen (secondary N) is 1. The molecule has 1 fully saturated rings. The first kappa shape index (κ1) is 15.7. The van der Waals surface area contributed by atoms with E-state index >= 15 is 0 Å². The first-order chi connectivity index (χ1) is 10.6. The van der Waals surface area contributed by atoms with Crippen LogP contribution >= 0.6 is 34.5 Å². The van der Waals surface area contributed by atoms with Gasteiger partial charge in [0.15, 0.2) is 0 Å². The molecule has 22 heavy (non-hydrogen) atoms. The molecule has 1 saturated carbocycles. The summed E-state index contributed by atoms with van der Waals surface area (Å²) < 4.78 is 0. The van der Waals surface area contributed by atoms with E-state index in [0.717, 1.165) is 18.4 Å². The summed E-state index contributed by atoms with van der Waals surface area (Å²) in [5.41, 5.74) is 6.87. The van der Waals surface area contributed by atoms with Crippen molar-refractivity contribution in [3.05, 3.63) is 39.3 Å². The first-order valence-corrected chi connectivity index (χ1v) is 8.64. The number of amides is 1. The summed E-state index contributed by atoms with van der Waals surface area (Å²) in [5.74, 6) is 0.327. The molecule has 1 unspecified atom stereocenters. The summed E-state index contributed by atoms with van der Waals surface area (Å²) in [7, 11) is 0. The minimum atomic E-state index is -0.185. The first-order valence-electron chi connectivity index (χ1n) is 7.00. The van der Waals surface area contributed by atoms with Gasteiger partial charge in [0, 0.05) is 28.6 Å². The van der Waals surface area contributed by atoms with Crippen LogP contribution in [0.3, 0.4) is 0 Å². The number of aromatic nitrogens is 1. The highest BCUT2D eigenvalue weighted by Gasteiger charge is 2.31. The van der Waals surface area contributed by atoms with Crippen LogP contribution in [0.4, 0.5) is 0 Å². The fourth-order valence-corrected chi connectivity index (χ4v) is 3.67. The van der Waals surface area contributed by atoms with Gasteiger partial charge in [-0.3, -0.25) is 4.79 Å². The number of halogens is 2. The van der Waals surface area contributed by atoms with Crippen molar-refractivity contribution >= 4 is 40.4 Å². The minimum absolute atomic E-state index is 0.0387. The standard InChI is InChI=1S/C15H15Cl2N3OS/c16-9-3-4-10(11(17)5-9)15-20-13(7-22-15)14(21)19-12(6-18)8-1-2-8/h3-5,7-8,12H,1-2,6,18H2,(H,19,21). The number of benzene rings is 1. The smallest absolute Gasteiger partial charge is 0.271 e. The Kier molecular flexibility index (Phi) is 4.68. The molecule has 0 saturated heterocycles. The number of carbonyl (C=O) groups excluding carboxylic acids is 1. The van der Waals surface area contributed by atoms with Crippen molar-refractivity contribution in [2.75, 3.05) is 6.54 Å². The van der Waals surface area contributed by atoms with E-state index in [9.17, 15) is 4.79 Å². The molecule has 3 rings (SSSR count). The summed E-state index contributed by atoms with van der Waals surface area (Å²) >= 11 is 13.4. The van der Waals surface area contributed by atoms with Crippen LogP contribution in [-0.2, 0) is 0 Å². The molecule has 2 aromatic rings. The van der Waals surface area contributed by atoms with Crippen LogP contribution in [0, 0.1) is 5.92 Å². The topological polar surface area (TPSA) is 68.0 Å². The molecule has 1 heterocycles. The molecule has 0 spiro atoms. The summed E-state index contributed by atoms with van der Waals surface area (Å²) in [6, 6.07) is 5.26. The lowest BCUT2D eigenvalue weighted by Crippen LogP contribution is -2.41. The van der Waals surface area contributed by atoms with Crippen LogP contribution < -0.4 is 11.1 Å². The van der Waals surface area contributed by atoms with Gasteiger partial charge in [0.2, 0.25) is 0 Å². The van der Waals surface area contributed by atoms with Crippen LogP contribution in [0.25, 0.3) is 10.6 Å². The SMILES string of the molecule is NCC(NC(=O)c1csc(-c2ccc(Cl)cc2Cl)n1)C1CC1. The molecule has 1 aliphatic rings. The van der Waals surface area contributed by atoms with E-state index in [0.29, 0.717) is 33.2 Å². The maximum absolute atomic E-state index is 12.3. The normalized spacial score (nSPS) is 15.6. The van der Waals surface area contributed by atoms with E-state index in [1.54, 1.807) is 23.6 Å². The molecule has 3 N–H and O–H groups in total. The van der Waals surface area contributed by atoms with Gasteiger partial charge in [0.05, 0.1) is 5.02 Å². The Balaban J connectivity index is 1.76. The van der Waals surface area contributed by atoms with Crippen LogP contribution in [0.1, 0.15) is 23.3 Å². The molecular weight excluding hydrogens is 341 g/mol. The Hall–Kier alpha value is -1.14. The lowest BCUT2D eigenvalue weighted by molar-refractivity contribution is 0.0929. The van der Waals surface area contributed by atoms with Crippen LogP contribution in [0.5, 0.6) is 0 Å². The number of nitrogens with zero attached hydrogens (tertiary/aromatic N) is 1. The van der Waals surface area contributed by atoms with Crippen molar-refractivity contribution in [1.82, 2.24) is 10.3 Å². The molecule has 4 nitrogen and oxygen atoms in total. The second-order valence-electron chi connectivity index (χ2n) is 5.32. The quantitative estimate of drug-likeness (QED) is 0.860. The average molecular weight is 356 g/mol. The molecule has 1 aliphatic carbocycles. The zero-order valence-electron chi connectivity index (χ0n) is 11.7. The van der Waals surface area contributed by atoms with Crippen molar-refractivity contribution in [3.8, 4) is 10.6 Å². The van der Waals surface area contributed by atoms with Gasteiger partial charge in [-0.2, -0.15) is 0 Å². The third-order valence-electron chi connectivity index (χ3n) is 3.66. The van der Waals surface area contributed by atoms with Gasteiger partial charge in [-0.25, -0.2) is 4.98 Å². The highest BCUT2D eigenvalue weighted by molar-refractivity contribution is 7.13. The van der Waals surface area contributed by atoms with Crippen molar-refractivity contribution in [2.45, 2.75) is 18.9 Å². The van der Waals surface area contributed by atoms with Crippen molar-refractivity contribution in [1.29, 1.82) is 0 Å². The lowest BCUT2D eigenvalue weighted by atomic mass is 10.2. The molecule has 1 aromatic carbocycles. The van der Waals surface area contributed by atoms with Gasteiger partial charge in [0.25, 0.3) is 5.91 Å². The number of hydrogen-bond donors (Lipinski definition) is 2. The zero-order valence-corrected chi connectivity index (χ0v) is 14.0. The summed E-state index contributed by atoms with van der Waals surface area (Å²) in [4.78, 5) is 16.6. The van der Waals surface area contributed by atoms with Gasteiger partial charge in [-0.1, -0.05) is 23.2 Å². The van der Waals surface area contributed by atoms with Gasteiger partial charge in [-0.05, 0) is 37.0 Å². The average Bonchev–Trinajstić information content (AvgIpc) is 3.21. The maximum Gasteiger partial charge on any atom is 0.271 e. The van der Waals surface area contributed by atoms with Gasteiger partial charge in [-0.15, -0.1) is 11.3 Å². The molecule has 1 amide bonds. The van der Waals surface area contributed by atoms with E-state index in [4.69, 9.17) is 28.9 Å². The molecule has 0 aliphatic heterocycles. The van der Waals surface area contributed by atoms with Gasteiger partial charge >= 0.3 is 0 Å².